The van der Waals surface area contributed by atoms with Crippen LogP contribution in [-0.2, 0) is 13.0 Å². The van der Waals surface area contributed by atoms with Gasteiger partial charge in [0.15, 0.2) is 0 Å². The van der Waals surface area contributed by atoms with Crippen molar-refractivity contribution < 1.29 is 0 Å². The molecule has 0 aliphatic rings. The van der Waals surface area contributed by atoms with Crippen molar-refractivity contribution in [2.24, 2.45) is 5.73 Å². The van der Waals surface area contributed by atoms with Gasteiger partial charge in [-0.25, -0.2) is 4.98 Å². The Balaban J connectivity index is 2.16. The molecule has 0 amide bonds. The van der Waals surface area contributed by atoms with Crippen molar-refractivity contribution in [3.05, 3.63) is 52.6 Å². The molecule has 0 radical (unpaired) electrons. The van der Waals surface area contributed by atoms with Gasteiger partial charge < -0.3 is 10.3 Å². The molecule has 18 heavy (non-hydrogen) atoms. The van der Waals surface area contributed by atoms with Crippen molar-refractivity contribution in [3.63, 3.8) is 0 Å². The van der Waals surface area contributed by atoms with Gasteiger partial charge in [-0.15, -0.1) is 0 Å². The number of nitrogens with two attached hydrogens (primary N) is 1. The summed E-state index contributed by atoms with van der Waals surface area (Å²) < 4.78 is 2.11. The molecule has 2 aromatic rings. The van der Waals surface area contributed by atoms with Crippen LogP contribution in [0.1, 0.15) is 29.9 Å². The standard InChI is InChI=1S/C14H18ClN3/c1-3-18-7-6-17-14(18)9-13(16)11-4-5-12(15)10(2)8-11/h4-8,13H,3,9,16H2,1-2H3. The first kappa shape index (κ1) is 13.1. The van der Waals surface area contributed by atoms with E-state index in [1.807, 2.05) is 37.5 Å². The molecular weight excluding hydrogens is 246 g/mol. The number of benzene rings is 1. The number of hydrogen-bond donors (Lipinski definition) is 1. The van der Waals surface area contributed by atoms with E-state index in [0.717, 1.165) is 34.9 Å². The summed E-state index contributed by atoms with van der Waals surface area (Å²) in [6.45, 7) is 5.01. The topological polar surface area (TPSA) is 43.8 Å². The molecular formula is C14H18ClN3. The average molecular weight is 264 g/mol. The molecule has 0 aliphatic heterocycles. The fraction of sp³-hybridized carbons (Fsp3) is 0.357. The first-order valence-electron chi connectivity index (χ1n) is 6.13. The van der Waals surface area contributed by atoms with E-state index in [1.54, 1.807) is 0 Å². The molecule has 1 heterocycles. The SMILES string of the molecule is CCn1ccnc1CC(N)c1ccc(Cl)c(C)c1. The van der Waals surface area contributed by atoms with Gasteiger partial charge in [0, 0.05) is 36.4 Å². The lowest BCUT2D eigenvalue weighted by atomic mass is 10.0. The third-order valence-electron chi connectivity index (χ3n) is 3.16. The van der Waals surface area contributed by atoms with Crippen LogP contribution in [0.2, 0.25) is 5.02 Å². The van der Waals surface area contributed by atoms with Crippen LogP contribution in [0.4, 0.5) is 0 Å². The van der Waals surface area contributed by atoms with Crippen molar-refractivity contribution in [1.29, 1.82) is 0 Å². The number of imidazole rings is 1. The molecule has 1 aromatic carbocycles. The van der Waals surface area contributed by atoms with Crippen LogP contribution in [0.25, 0.3) is 0 Å². The minimum absolute atomic E-state index is 0.0475. The van der Waals surface area contributed by atoms with E-state index in [9.17, 15) is 0 Å². The van der Waals surface area contributed by atoms with E-state index >= 15 is 0 Å². The largest absolute Gasteiger partial charge is 0.335 e. The molecule has 0 spiro atoms. The average Bonchev–Trinajstić information content (AvgIpc) is 2.79. The van der Waals surface area contributed by atoms with E-state index < -0.39 is 0 Å². The predicted molar refractivity (Wildman–Crippen MR) is 74.7 cm³/mol. The Morgan fingerprint density at radius 2 is 2.22 bits per heavy atom. The summed E-state index contributed by atoms with van der Waals surface area (Å²) >= 11 is 6.02. The van der Waals surface area contributed by atoms with E-state index in [0.29, 0.717) is 0 Å². The van der Waals surface area contributed by atoms with Crippen molar-refractivity contribution in [2.45, 2.75) is 32.9 Å². The fourth-order valence-corrected chi connectivity index (χ4v) is 2.15. The van der Waals surface area contributed by atoms with Crippen LogP contribution < -0.4 is 5.73 Å². The lowest BCUT2D eigenvalue weighted by Crippen LogP contribution is -2.16. The number of rotatable bonds is 4. The Morgan fingerprint density at radius 3 is 2.89 bits per heavy atom. The molecule has 0 bridgehead atoms. The second kappa shape index (κ2) is 5.55. The van der Waals surface area contributed by atoms with Crippen LogP contribution in [0.5, 0.6) is 0 Å². The summed E-state index contributed by atoms with van der Waals surface area (Å²) in [5.41, 5.74) is 8.39. The van der Waals surface area contributed by atoms with Gasteiger partial charge in [0.1, 0.15) is 5.82 Å². The molecule has 0 saturated carbocycles. The maximum Gasteiger partial charge on any atom is 0.110 e. The van der Waals surface area contributed by atoms with Crippen LogP contribution in [0.3, 0.4) is 0 Å². The third kappa shape index (κ3) is 2.74. The lowest BCUT2D eigenvalue weighted by molar-refractivity contribution is 0.628. The summed E-state index contributed by atoms with van der Waals surface area (Å²) in [4.78, 5) is 4.35. The summed E-state index contributed by atoms with van der Waals surface area (Å²) in [5, 5.41) is 0.779. The van der Waals surface area contributed by atoms with Crippen molar-refractivity contribution >= 4 is 11.6 Å². The second-order valence-electron chi connectivity index (χ2n) is 4.45. The minimum Gasteiger partial charge on any atom is -0.335 e. The molecule has 0 saturated heterocycles. The van der Waals surface area contributed by atoms with Crippen LogP contribution in [0.15, 0.2) is 30.6 Å². The molecule has 3 nitrogen and oxygen atoms in total. The molecule has 2 rings (SSSR count). The van der Waals surface area contributed by atoms with Crippen molar-refractivity contribution in [3.8, 4) is 0 Å². The number of nitrogens with zero attached hydrogens (tertiary/aromatic N) is 2. The quantitative estimate of drug-likeness (QED) is 0.921. The smallest absolute Gasteiger partial charge is 0.110 e. The highest BCUT2D eigenvalue weighted by Gasteiger charge is 2.11. The summed E-state index contributed by atoms with van der Waals surface area (Å²) in [5.74, 6) is 1.03. The Bertz CT molecular complexity index is 534. The number of aromatic nitrogens is 2. The molecule has 1 unspecified atom stereocenters. The Morgan fingerprint density at radius 1 is 1.44 bits per heavy atom. The van der Waals surface area contributed by atoms with E-state index in [-0.39, 0.29) is 6.04 Å². The lowest BCUT2D eigenvalue weighted by Gasteiger charge is -2.14. The number of hydrogen-bond acceptors (Lipinski definition) is 2. The molecule has 96 valence electrons. The highest BCUT2D eigenvalue weighted by Crippen LogP contribution is 2.21. The molecule has 0 aliphatic carbocycles. The van der Waals surface area contributed by atoms with Gasteiger partial charge in [-0.05, 0) is 31.0 Å². The molecule has 0 fully saturated rings. The Labute approximate surface area is 113 Å². The second-order valence-corrected chi connectivity index (χ2v) is 4.86. The zero-order valence-electron chi connectivity index (χ0n) is 10.7. The molecule has 4 heteroatoms. The van der Waals surface area contributed by atoms with Crippen molar-refractivity contribution in [1.82, 2.24) is 9.55 Å². The van der Waals surface area contributed by atoms with Crippen molar-refractivity contribution in [2.75, 3.05) is 0 Å². The summed E-state index contributed by atoms with van der Waals surface area (Å²) in [6.07, 6.45) is 4.54. The molecule has 1 atom stereocenters. The number of aryl methyl sites for hydroxylation is 2. The zero-order valence-corrected chi connectivity index (χ0v) is 11.5. The van der Waals surface area contributed by atoms with Crippen LogP contribution in [0, 0.1) is 6.92 Å². The highest BCUT2D eigenvalue weighted by molar-refractivity contribution is 6.31. The van der Waals surface area contributed by atoms with Crippen LogP contribution >= 0.6 is 11.6 Å². The van der Waals surface area contributed by atoms with Gasteiger partial charge in [0.25, 0.3) is 0 Å². The highest BCUT2D eigenvalue weighted by atomic mass is 35.5. The first-order chi connectivity index (χ1) is 8.61. The third-order valence-corrected chi connectivity index (χ3v) is 3.58. The van der Waals surface area contributed by atoms with E-state index in [1.165, 1.54) is 0 Å². The van der Waals surface area contributed by atoms with Gasteiger partial charge in [0.2, 0.25) is 0 Å². The Hall–Kier alpha value is -1.32. The Kier molecular flexibility index (Phi) is 4.04. The molecule has 2 N–H and O–H groups in total. The van der Waals surface area contributed by atoms with Gasteiger partial charge >= 0.3 is 0 Å². The van der Waals surface area contributed by atoms with Gasteiger partial charge in [-0.1, -0.05) is 23.7 Å². The summed E-state index contributed by atoms with van der Waals surface area (Å²) in [7, 11) is 0. The van der Waals surface area contributed by atoms with E-state index in [4.69, 9.17) is 17.3 Å². The van der Waals surface area contributed by atoms with Gasteiger partial charge in [-0.2, -0.15) is 0 Å². The normalized spacial score (nSPS) is 12.7. The van der Waals surface area contributed by atoms with Crippen LogP contribution in [-0.4, -0.2) is 9.55 Å². The molecule has 1 aromatic heterocycles. The van der Waals surface area contributed by atoms with Gasteiger partial charge in [-0.3, -0.25) is 0 Å². The summed E-state index contributed by atoms with van der Waals surface area (Å²) in [6, 6.07) is 5.89. The number of halogens is 1. The maximum atomic E-state index is 6.23. The predicted octanol–water partition coefficient (Wildman–Crippen LogP) is 3.11. The maximum absolute atomic E-state index is 6.23. The monoisotopic (exact) mass is 263 g/mol. The first-order valence-corrected chi connectivity index (χ1v) is 6.51. The van der Waals surface area contributed by atoms with Gasteiger partial charge in [0.05, 0.1) is 0 Å². The zero-order chi connectivity index (χ0) is 13.1. The fourth-order valence-electron chi connectivity index (χ4n) is 2.03. The van der Waals surface area contributed by atoms with E-state index in [2.05, 4.69) is 16.5 Å². The minimum atomic E-state index is -0.0475.